The number of rotatable bonds is 14. The summed E-state index contributed by atoms with van der Waals surface area (Å²) < 4.78 is 29.6. The number of nitro benzene ring substituents is 1. The topological polar surface area (TPSA) is 128 Å². The molecule has 0 unspecified atom stereocenters. The predicted octanol–water partition coefficient (Wildman–Crippen LogP) is 6.26. The van der Waals surface area contributed by atoms with Crippen molar-refractivity contribution in [2.24, 2.45) is 0 Å². The number of nitrogens with zero attached hydrogens (tertiary/aromatic N) is 2. The molecule has 0 fully saturated rings. The van der Waals surface area contributed by atoms with Gasteiger partial charge in [0, 0.05) is 76.2 Å². The lowest BCUT2D eigenvalue weighted by Crippen LogP contribution is -2.24. The zero-order chi connectivity index (χ0) is 29.7. The third-order valence-corrected chi connectivity index (χ3v) is 8.82. The first-order valence-corrected chi connectivity index (χ1v) is 15.7. The van der Waals surface area contributed by atoms with Crippen LogP contribution in [0, 0.1) is 10.1 Å². The monoisotopic (exact) mass is 617 g/mol. The molecule has 1 N–H and O–H groups in total. The first kappa shape index (κ1) is 30.6. The van der Waals surface area contributed by atoms with Gasteiger partial charge in [-0.05, 0) is 55.3 Å². The highest BCUT2D eigenvalue weighted by molar-refractivity contribution is 7.89. The summed E-state index contributed by atoms with van der Waals surface area (Å²) in [6, 6.07) is 15.1. The lowest BCUT2D eigenvalue weighted by molar-refractivity contribution is -0.388. The molecule has 0 aliphatic carbocycles. The zero-order valence-electron chi connectivity index (χ0n) is 22.4. The maximum atomic E-state index is 12.6. The minimum atomic E-state index is -4.03. The van der Waals surface area contributed by atoms with Crippen molar-refractivity contribution in [1.29, 1.82) is 0 Å². The molecule has 12 heteroatoms. The molecule has 0 saturated carbocycles. The fourth-order valence-corrected chi connectivity index (χ4v) is 6.64. The van der Waals surface area contributed by atoms with Crippen molar-refractivity contribution in [2.45, 2.75) is 44.0 Å². The highest BCUT2D eigenvalue weighted by atomic mass is 35.5. The summed E-state index contributed by atoms with van der Waals surface area (Å²) in [5, 5.41) is 13.5. The Morgan fingerprint density at radius 2 is 1.49 bits per heavy atom. The van der Waals surface area contributed by atoms with E-state index in [1.54, 1.807) is 37.3 Å². The van der Waals surface area contributed by atoms with Gasteiger partial charge in [-0.25, -0.2) is 13.1 Å². The molecule has 4 aromatic rings. The Morgan fingerprint density at radius 3 is 1.98 bits per heavy atom. The van der Waals surface area contributed by atoms with E-state index < -0.39 is 20.6 Å². The standard InChI is InChI=1S/C29H29Cl2N3O6S/c1-2-32-41(39,40)28-7-3-5-19(29(28)34(37)38)6-4-16-33-24-10-8-20(26(35)12-14-30)17-22(24)23-18-21(9-11-25(23)33)27(36)13-15-31/h3,5,7-11,17-18,32H,2,4,6,12-16H2,1H3. The van der Waals surface area contributed by atoms with Crippen LogP contribution in [0.2, 0.25) is 0 Å². The number of nitrogens with one attached hydrogen (secondary N) is 1. The van der Waals surface area contributed by atoms with Gasteiger partial charge in [0.05, 0.1) is 4.92 Å². The van der Waals surface area contributed by atoms with Gasteiger partial charge in [-0.2, -0.15) is 0 Å². The van der Waals surface area contributed by atoms with Gasteiger partial charge in [-0.15, -0.1) is 23.2 Å². The molecule has 0 atom stereocenters. The van der Waals surface area contributed by atoms with Crippen LogP contribution in [0.3, 0.4) is 0 Å². The number of carbonyl (C=O) groups is 2. The van der Waals surface area contributed by atoms with Crippen LogP contribution in [0.4, 0.5) is 5.69 Å². The maximum absolute atomic E-state index is 12.6. The Hall–Kier alpha value is -3.31. The number of sulfonamides is 1. The summed E-state index contributed by atoms with van der Waals surface area (Å²) in [7, 11) is -4.03. The van der Waals surface area contributed by atoms with Crippen LogP contribution in [-0.2, 0) is 23.0 Å². The fraction of sp³-hybridized carbons (Fsp3) is 0.310. The predicted molar refractivity (Wildman–Crippen MR) is 161 cm³/mol. The number of halogens is 2. The first-order chi connectivity index (χ1) is 19.6. The smallest absolute Gasteiger partial charge is 0.292 e. The summed E-state index contributed by atoms with van der Waals surface area (Å²) in [6.45, 7) is 2.16. The van der Waals surface area contributed by atoms with Gasteiger partial charge in [0.2, 0.25) is 10.0 Å². The number of nitro groups is 1. The SMILES string of the molecule is CCNS(=O)(=O)c1cccc(CCCn2c3ccc(C(=O)CCCl)cc3c3cc(C(=O)CCCl)ccc32)c1[N+](=O)[O-]. The summed E-state index contributed by atoms with van der Waals surface area (Å²) in [6.07, 6.45) is 1.12. The summed E-state index contributed by atoms with van der Waals surface area (Å²) in [4.78, 5) is 36.1. The second kappa shape index (κ2) is 13.1. The molecule has 0 saturated heterocycles. The number of Topliss-reactive ketones (excluding diaryl/α,β-unsaturated/α-hetero) is 2. The molecule has 41 heavy (non-hydrogen) atoms. The largest absolute Gasteiger partial charge is 0.340 e. The van der Waals surface area contributed by atoms with E-state index in [0.29, 0.717) is 29.7 Å². The molecule has 4 rings (SSSR count). The van der Waals surface area contributed by atoms with Crippen LogP contribution in [0.5, 0.6) is 0 Å². The van der Waals surface area contributed by atoms with Gasteiger partial charge in [0.1, 0.15) is 0 Å². The van der Waals surface area contributed by atoms with Crippen molar-refractivity contribution in [3.8, 4) is 0 Å². The van der Waals surface area contributed by atoms with Gasteiger partial charge in [-0.1, -0.05) is 19.1 Å². The molecule has 9 nitrogen and oxygen atoms in total. The Kier molecular flexibility index (Phi) is 9.80. The zero-order valence-corrected chi connectivity index (χ0v) is 24.7. The summed E-state index contributed by atoms with van der Waals surface area (Å²) in [5.41, 5.74) is 2.59. The molecule has 0 aliphatic rings. The molecule has 0 amide bonds. The van der Waals surface area contributed by atoms with E-state index >= 15 is 0 Å². The van der Waals surface area contributed by atoms with Crippen molar-refractivity contribution in [1.82, 2.24) is 9.29 Å². The molecule has 1 aromatic heterocycles. The molecular weight excluding hydrogens is 589 g/mol. The van der Waals surface area contributed by atoms with Crippen molar-refractivity contribution in [3.05, 3.63) is 81.4 Å². The first-order valence-electron chi connectivity index (χ1n) is 13.1. The Balaban J connectivity index is 1.74. The van der Waals surface area contributed by atoms with Crippen LogP contribution in [0.15, 0.2) is 59.5 Å². The molecule has 216 valence electrons. The van der Waals surface area contributed by atoms with Crippen molar-refractivity contribution in [3.63, 3.8) is 0 Å². The third-order valence-electron chi connectivity index (χ3n) is 6.87. The average Bonchev–Trinajstić information content (AvgIpc) is 3.25. The van der Waals surface area contributed by atoms with Crippen LogP contribution < -0.4 is 4.72 Å². The second-order valence-electron chi connectivity index (χ2n) is 9.47. The van der Waals surface area contributed by atoms with Gasteiger partial charge < -0.3 is 4.57 Å². The van der Waals surface area contributed by atoms with E-state index in [2.05, 4.69) is 4.72 Å². The molecule has 0 aliphatic heterocycles. The number of fused-ring (bicyclic) bond motifs is 3. The van der Waals surface area contributed by atoms with Crippen molar-refractivity contribution < 1.29 is 22.9 Å². The normalized spacial score (nSPS) is 11.8. The Labute approximate surface area is 247 Å². The van der Waals surface area contributed by atoms with E-state index in [1.165, 1.54) is 12.1 Å². The number of aryl methyl sites for hydroxylation is 2. The van der Waals surface area contributed by atoms with Crippen LogP contribution in [0.25, 0.3) is 21.8 Å². The van der Waals surface area contributed by atoms with Crippen LogP contribution in [-0.4, -0.2) is 47.8 Å². The number of aromatic nitrogens is 1. The molecular formula is C29H29Cl2N3O6S. The number of ketones is 2. The lowest BCUT2D eigenvalue weighted by Gasteiger charge is -2.11. The number of carbonyl (C=O) groups excluding carboxylic acids is 2. The quantitative estimate of drug-likeness (QED) is 0.0769. The molecule has 0 spiro atoms. The maximum Gasteiger partial charge on any atom is 0.292 e. The summed E-state index contributed by atoms with van der Waals surface area (Å²) in [5.74, 6) is 0.242. The summed E-state index contributed by atoms with van der Waals surface area (Å²) >= 11 is 11.6. The van der Waals surface area contributed by atoms with E-state index in [9.17, 15) is 28.1 Å². The number of hydrogen-bond donors (Lipinski definition) is 1. The van der Waals surface area contributed by atoms with Gasteiger partial charge in [0.15, 0.2) is 16.5 Å². The van der Waals surface area contributed by atoms with Gasteiger partial charge in [0.25, 0.3) is 5.69 Å². The van der Waals surface area contributed by atoms with Crippen molar-refractivity contribution >= 4 is 72.3 Å². The average molecular weight is 619 g/mol. The number of alkyl halides is 2. The molecule has 3 aromatic carbocycles. The van der Waals surface area contributed by atoms with E-state index in [1.807, 2.05) is 16.7 Å². The molecule has 0 radical (unpaired) electrons. The number of para-hydroxylation sites is 1. The molecule has 0 bridgehead atoms. The third kappa shape index (κ3) is 6.46. The van der Waals surface area contributed by atoms with E-state index in [0.717, 1.165) is 21.8 Å². The van der Waals surface area contributed by atoms with Gasteiger partial charge in [-0.3, -0.25) is 19.7 Å². The number of benzene rings is 3. The minimum absolute atomic E-state index is 0.0862. The fourth-order valence-electron chi connectivity index (χ4n) is 5.04. The Bertz CT molecular complexity index is 1680. The van der Waals surface area contributed by atoms with Gasteiger partial charge >= 0.3 is 0 Å². The van der Waals surface area contributed by atoms with Crippen LogP contribution in [0.1, 0.15) is 52.5 Å². The number of hydrogen-bond acceptors (Lipinski definition) is 6. The highest BCUT2D eigenvalue weighted by Crippen LogP contribution is 2.33. The van der Waals surface area contributed by atoms with E-state index in [-0.39, 0.29) is 54.0 Å². The molecule has 1 heterocycles. The van der Waals surface area contributed by atoms with Crippen LogP contribution >= 0.6 is 23.2 Å². The lowest BCUT2D eigenvalue weighted by atomic mass is 10.0. The minimum Gasteiger partial charge on any atom is -0.340 e. The second-order valence-corrected chi connectivity index (χ2v) is 12.0. The van der Waals surface area contributed by atoms with Crippen molar-refractivity contribution in [2.75, 3.05) is 18.3 Å². The Morgan fingerprint density at radius 1 is 0.927 bits per heavy atom. The van der Waals surface area contributed by atoms with E-state index in [4.69, 9.17) is 23.2 Å². The highest BCUT2D eigenvalue weighted by Gasteiger charge is 2.28.